The van der Waals surface area contributed by atoms with Gasteiger partial charge in [-0.25, -0.2) is 9.78 Å². The molecule has 2 bridgehead atoms. The first kappa shape index (κ1) is 15.4. The van der Waals surface area contributed by atoms with E-state index in [2.05, 4.69) is 6.08 Å². The van der Waals surface area contributed by atoms with Gasteiger partial charge in [-0.15, -0.1) is 0 Å². The summed E-state index contributed by atoms with van der Waals surface area (Å²) in [4.78, 5) is 11.1. The Kier molecular flexibility index (Phi) is 4.39. The molecular formula is C16H26O5. The zero-order valence-corrected chi connectivity index (χ0v) is 12.8. The van der Waals surface area contributed by atoms with E-state index in [4.69, 9.17) is 14.5 Å². The van der Waals surface area contributed by atoms with Crippen LogP contribution in [0.15, 0.2) is 11.6 Å². The van der Waals surface area contributed by atoms with Crippen molar-refractivity contribution in [3.8, 4) is 0 Å². The minimum absolute atomic E-state index is 0.0195. The average molecular weight is 298 g/mol. The minimum atomic E-state index is -1.04. The predicted octanol–water partition coefficient (Wildman–Crippen LogP) is 2.07. The fourth-order valence-electron chi connectivity index (χ4n) is 3.86. The molecule has 5 heteroatoms. The van der Waals surface area contributed by atoms with Crippen LogP contribution >= 0.6 is 0 Å². The molecule has 0 amide bonds. The highest BCUT2D eigenvalue weighted by Gasteiger charge is 2.45. The van der Waals surface area contributed by atoms with E-state index in [0.717, 1.165) is 19.3 Å². The summed E-state index contributed by atoms with van der Waals surface area (Å²) < 4.78 is 6.10. The maximum Gasteiger partial charge on any atom is 0.206 e. The number of rotatable bonds is 0. The normalized spacial score (nSPS) is 48.2. The van der Waals surface area contributed by atoms with Gasteiger partial charge in [0.05, 0.1) is 18.3 Å². The van der Waals surface area contributed by atoms with Crippen molar-refractivity contribution < 1.29 is 24.7 Å². The maximum atomic E-state index is 9.97. The Bertz CT molecular complexity index is 389. The Morgan fingerprint density at radius 1 is 1.10 bits per heavy atom. The highest BCUT2D eigenvalue weighted by atomic mass is 17.2. The second-order valence-corrected chi connectivity index (χ2v) is 7.01. The van der Waals surface area contributed by atoms with Crippen molar-refractivity contribution in [1.29, 1.82) is 0 Å². The molecule has 4 atom stereocenters. The lowest BCUT2D eigenvalue weighted by molar-refractivity contribution is -0.457. The minimum Gasteiger partial charge on any atom is -0.393 e. The number of aliphatic hydroxyl groups is 2. The van der Waals surface area contributed by atoms with Crippen LogP contribution in [0.1, 0.15) is 52.4 Å². The highest BCUT2D eigenvalue weighted by molar-refractivity contribution is 5.15. The monoisotopic (exact) mass is 298 g/mol. The van der Waals surface area contributed by atoms with Crippen LogP contribution < -0.4 is 0 Å². The molecule has 2 saturated carbocycles. The molecule has 21 heavy (non-hydrogen) atoms. The number of hydrogen-bond donors (Lipinski definition) is 2. The molecule has 0 aromatic carbocycles. The maximum absolute atomic E-state index is 9.97. The summed E-state index contributed by atoms with van der Waals surface area (Å²) in [6, 6.07) is 0. The van der Waals surface area contributed by atoms with Gasteiger partial charge in [0.15, 0.2) is 0 Å². The van der Waals surface area contributed by atoms with Crippen LogP contribution in [0, 0.1) is 5.92 Å². The molecule has 2 fully saturated rings. The average Bonchev–Trinajstić information content (AvgIpc) is 2.34. The standard InChI is InChI=1S/C16H26O5/c1-10-3-12-5-13(6-12)4-11(2)20-21-16(19-10)8-14(17)7-15(18)9-16/h4,10-12,14-15,17-18H,3,5-9H2,1-2H3. The summed E-state index contributed by atoms with van der Waals surface area (Å²) in [6.07, 6.45) is 4.96. The molecule has 0 saturated heterocycles. The van der Waals surface area contributed by atoms with Gasteiger partial charge >= 0.3 is 0 Å². The van der Waals surface area contributed by atoms with Gasteiger partial charge in [-0.1, -0.05) is 11.6 Å². The molecular weight excluding hydrogens is 272 g/mol. The van der Waals surface area contributed by atoms with Gasteiger partial charge in [0.2, 0.25) is 5.79 Å². The van der Waals surface area contributed by atoms with E-state index in [1.165, 1.54) is 5.57 Å². The SMILES string of the molecule is CC1C=C2CC(C2)CC(C)OC2(CC(O)CC(O)C2)OO1. The lowest BCUT2D eigenvalue weighted by atomic mass is 9.76. The number of aliphatic hydroxyl groups excluding tert-OH is 2. The van der Waals surface area contributed by atoms with Crippen LogP contribution in [-0.2, 0) is 14.5 Å². The van der Waals surface area contributed by atoms with Gasteiger partial charge in [0.25, 0.3) is 0 Å². The van der Waals surface area contributed by atoms with E-state index in [1.54, 1.807) is 0 Å². The van der Waals surface area contributed by atoms with Crippen molar-refractivity contribution in [3.05, 3.63) is 11.6 Å². The Balaban J connectivity index is 1.77. The summed E-state index contributed by atoms with van der Waals surface area (Å²) in [5, 5.41) is 19.9. The molecule has 0 radical (unpaired) electrons. The van der Waals surface area contributed by atoms with Gasteiger partial charge < -0.3 is 14.9 Å². The number of allylic oxidation sites excluding steroid dienone is 1. The third-order valence-corrected chi connectivity index (χ3v) is 4.64. The van der Waals surface area contributed by atoms with Gasteiger partial charge in [-0.3, -0.25) is 0 Å². The van der Waals surface area contributed by atoms with Crippen LogP contribution in [0.3, 0.4) is 0 Å². The van der Waals surface area contributed by atoms with Gasteiger partial charge in [-0.2, -0.15) is 0 Å². The van der Waals surface area contributed by atoms with Gasteiger partial charge in [-0.05, 0) is 45.4 Å². The lowest BCUT2D eigenvalue weighted by Crippen LogP contribution is -2.49. The van der Waals surface area contributed by atoms with Crippen LogP contribution in [0.5, 0.6) is 0 Å². The van der Waals surface area contributed by atoms with Crippen molar-refractivity contribution in [2.75, 3.05) is 0 Å². The van der Waals surface area contributed by atoms with E-state index in [-0.39, 0.29) is 12.2 Å². The van der Waals surface area contributed by atoms with Crippen LogP contribution in [0.25, 0.3) is 0 Å². The zero-order valence-electron chi connectivity index (χ0n) is 12.8. The summed E-state index contributed by atoms with van der Waals surface area (Å²) in [5.41, 5.74) is 1.42. The molecule has 1 spiro atoms. The van der Waals surface area contributed by atoms with Gasteiger partial charge in [0.1, 0.15) is 6.10 Å². The lowest BCUT2D eigenvalue weighted by Gasteiger charge is -2.41. The summed E-state index contributed by atoms with van der Waals surface area (Å²) in [7, 11) is 0. The van der Waals surface area contributed by atoms with Crippen LogP contribution in [-0.4, -0.2) is 40.4 Å². The fraction of sp³-hybridized carbons (Fsp3) is 0.875. The molecule has 2 heterocycles. The quantitative estimate of drug-likeness (QED) is 0.529. The second kappa shape index (κ2) is 5.97. The Morgan fingerprint density at radius 3 is 2.43 bits per heavy atom. The third kappa shape index (κ3) is 3.66. The molecule has 5 nitrogen and oxygen atoms in total. The van der Waals surface area contributed by atoms with Gasteiger partial charge in [0, 0.05) is 12.8 Å². The smallest absolute Gasteiger partial charge is 0.206 e. The number of hydrogen-bond acceptors (Lipinski definition) is 5. The zero-order chi connectivity index (χ0) is 15.0. The van der Waals surface area contributed by atoms with E-state index >= 15 is 0 Å². The summed E-state index contributed by atoms with van der Waals surface area (Å²) in [6.45, 7) is 3.96. The van der Waals surface area contributed by atoms with Crippen molar-refractivity contribution in [1.82, 2.24) is 0 Å². The largest absolute Gasteiger partial charge is 0.393 e. The van der Waals surface area contributed by atoms with Crippen molar-refractivity contribution in [2.45, 2.75) is 82.6 Å². The van der Waals surface area contributed by atoms with Crippen LogP contribution in [0.4, 0.5) is 0 Å². The molecule has 4 unspecified atom stereocenters. The van der Waals surface area contributed by atoms with E-state index in [1.807, 2.05) is 13.8 Å². The first-order chi connectivity index (χ1) is 9.94. The Morgan fingerprint density at radius 2 is 1.76 bits per heavy atom. The summed E-state index contributed by atoms with van der Waals surface area (Å²) >= 11 is 0. The number of ether oxygens (including phenoxy) is 1. The molecule has 2 aliphatic heterocycles. The fourth-order valence-corrected chi connectivity index (χ4v) is 3.86. The molecule has 0 aromatic rings. The van der Waals surface area contributed by atoms with E-state index in [0.29, 0.717) is 25.2 Å². The van der Waals surface area contributed by atoms with E-state index in [9.17, 15) is 10.2 Å². The van der Waals surface area contributed by atoms with Crippen LogP contribution in [0.2, 0.25) is 0 Å². The highest BCUT2D eigenvalue weighted by Crippen LogP contribution is 2.41. The Hall–Kier alpha value is -0.460. The van der Waals surface area contributed by atoms with Crippen molar-refractivity contribution in [2.24, 2.45) is 5.92 Å². The second-order valence-electron chi connectivity index (χ2n) is 7.01. The number of fused-ring (bicyclic) bond motifs is 5. The molecule has 4 aliphatic rings. The van der Waals surface area contributed by atoms with Crippen molar-refractivity contribution >= 4 is 0 Å². The topological polar surface area (TPSA) is 68.2 Å². The van der Waals surface area contributed by atoms with E-state index < -0.39 is 18.0 Å². The molecule has 0 aromatic heterocycles. The first-order valence-corrected chi connectivity index (χ1v) is 8.02. The molecule has 2 aliphatic carbocycles. The molecule has 4 rings (SSSR count). The Labute approximate surface area is 125 Å². The molecule has 120 valence electrons. The molecule has 2 N–H and O–H groups in total. The third-order valence-electron chi connectivity index (χ3n) is 4.64. The first-order valence-electron chi connectivity index (χ1n) is 8.02. The van der Waals surface area contributed by atoms with Crippen molar-refractivity contribution in [3.63, 3.8) is 0 Å². The predicted molar refractivity (Wildman–Crippen MR) is 76.2 cm³/mol. The summed E-state index contributed by atoms with van der Waals surface area (Å²) in [5.74, 6) is -0.384.